The second-order valence-electron chi connectivity index (χ2n) is 5.82. The van der Waals surface area contributed by atoms with Crippen molar-refractivity contribution in [3.8, 4) is 0 Å². The molecule has 0 radical (unpaired) electrons. The van der Waals surface area contributed by atoms with Gasteiger partial charge in [-0.2, -0.15) is 0 Å². The van der Waals surface area contributed by atoms with Gasteiger partial charge in [-0.15, -0.1) is 0 Å². The molecule has 2 aromatic rings. The first-order valence-corrected chi connectivity index (χ1v) is 8.85. The van der Waals surface area contributed by atoms with E-state index >= 15 is 0 Å². The fourth-order valence-corrected chi connectivity index (χ4v) is 2.95. The molecule has 0 spiro atoms. The van der Waals surface area contributed by atoms with E-state index in [0.717, 1.165) is 30.0 Å². The van der Waals surface area contributed by atoms with Crippen LogP contribution in [0.3, 0.4) is 0 Å². The molecule has 1 fully saturated rings. The Morgan fingerprint density at radius 2 is 1.92 bits per heavy atom. The number of carbonyl (C=O) groups is 1. The van der Waals surface area contributed by atoms with Crippen LogP contribution in [0.4, 0.5) is 5.82 Å². The minimum Gasteiger partial charge on any atom is -0.378 e. The third-order valence-electron chi connectivity index (χ3n) is 3.98. The molecule has 7 heteroatoms. The van der Waals surface area contributed by atoms with Crippen molar-refractivity contribution in [2.75, 3.05) is 31.2 Å². The number of nitrogens with one attached hydrogen (secondary N) is 1. The lowest BCUT2D eigenvalue weighted by Crippen LogP contribution is -2.36. The number of hydrogen-bond donors (Lipinski definition) is 1. The van der Waals surface area contributed by atoms with E-state index < -0.39 is 0 Å². The van der Waals surface area contributed by atoms with Crippen LogP contribution in [0.1, 0.15) is 11.1 Å². The molecular weight excluding hydrogens is 361 g/mol. The number of amides is 1. The maximum absolute atomic E-state index is 12.1. The molecular formula is C18H19Cl2N3O2. The number of nitrogens with zero attached hydrogens (tertiary/aromatic N) is 2. The van der Waals surface area contributed by atoms with E-state index in [9.17, 15) is 4.79 Å². The number of hydrogen-bond acceptors (Lipinski definition) is 4. The monoisotopic (exact) mass is 379 g/mol. The van der Waals surface area contributed by atoms with Crippen molar-refractivity contribution in [1.29, 1.82) is 0 Å². The first kappa shape index (κ1) is 18.0. The predicted molar refractivity (Wildman–Crippen MR) is 99.3 cm³/mol. The molecule has 1 amide bonds. The molecule has 5 nitrogen and oxygen atoms in total. The van der Waals surface area contributed by atoms with Crippen molar-refractivity contribution >= 4 is 34.9 Å². The number of ether oxygens (including phenoxy) is 1. The highest BCUT2D eigenvalue weighted by Gasteiger charge is 2.13. The van der Waals surface area contributed by atoms with E-state index in [1.54, 1.807) is 24.4 Å². The van der Waals surface area contributed by atoms with Gasteiger partial charge in [0.15, 0.2) is 0 Å². The average Bonchev–Trinajstić information content (AvgIpc) is 2.64. The zero-order chi connectivity index (χ0) is 17.6. The fraction of sp³-hybridized carbons (Fsp3) is 0.333. The largest absolute Gasteiger partial charge is 0.378 e. The lowest BCUT2D eigenvalue weighted by atomic mass is 10.1. The van der Waals surface area contributed by atoms with Crippen LogP contribution in [0, 0.1) is 0 Å². The van der Waals surface area contributed by atoms with Crippen molar-refractivity contribution in [2.24, 2.45) is 0 Å². The molecule has 0 atom stereocenters. The third-order valence-corrected chi connectivity index (χ3v) is 4.72. The van der Waals surface area contributed by atoms with Crippen molar-refractivity contribution in [2.45, 2.75) is 13.0 Å². The van der Waals surface area contributed by atoms with E-state index in [1.165, 1.54) is 0 Å². The Kier molecular flexibility index (Phi) is 6.13. The Morgan fingerprint density at radius 1 is 1.12 bits per heavy atom. The van der Waals surface area contributed by atoms with Crippen LogP contribution < -0.4 is 10.2 Å². The Balaban J connectivity index is 1.55. The highest BCUT2D eigenvalue weighted by Crippen LogP contribution is 2.22. The smallest absolute Gasteiger partial charge is 0.224 e. The van der Waals surface area contributed by atoms with Gasteiger partial charge in [0.25, 0.3) is 0 Å². The summed E-state index contributed by atoms with van der Waals surface area (Å²) < 4.78 is 5.36. The second kappa shape index (κ2) is 8.52. The summed E-state index contributed by atoms with van der Waals surface area (Å²) in [6, 6.07) is 9.13. The van der Waals surface area contributed by atoms with Crippen LogP contribution in [0.25, 0.3) is 0 Å². The highest BCUT2D eigenvalue weighted by atomic mass is 35.5. The Hall–Kier alpha value is -1.82. The molecule has 1 aromatic carbocycles. The van der Waals surface area contributed by atoms with Gasteiger partial charge in [-0.1, -0.05) is 29.3 Å². The number of rotatable bonds is 5. The number of pyridine rings is 1. The Bertz CT molecular complexity index is 749. The quantitative estimate of drug-likeness (QED) is 0.866. The molecule has 1 saturated heterocycles. The first-order valence-electron chi connectivity index (χ1n) is 8.10. The number of anilines is 1. The topological polar surface area (TPSA) is 54.5 Å². The highest BCUT2D eigenvalue weighted by molar-refractivity contribution is 6.42. The molecule has 1 aliphatic heterocycles. The summed E-state index contributed by atoms with van der Waals surface area (Å²) >= 11 is 11.9. The Morgan fingerprint density at radius 3 is 2.68 bits per heavy atom. The standard InChI is InChI=1S/C18H19Cl2N3O2/c19-15-2-1-13(9-16(15)20)11-18(24)22-12-14-3-4-21-17(10-14)23-5-7-25-8-6-23/h1-4,9-10H,5-8,11-12H2,(H,22,24). The van der Waals surface area contributed by atoms with Gasteiger partial charge in [0.05, 0.1) is 29.7 Å². The molecule has 2 heterocycles. The molecule has 1 aromatic heterocycles. The average molecular weight is 380 g/mol. The molecule has 132 valence electrons. The van der Waals surface area contributed by atoms with E-state index in [-0.39, 0.29) is 12.3 Å². The molecule has 1 N–H and O–H groups in total. The summed E-state index contributed by atoms with van der Waals surface area (Å²) in [4.78, 5) is 18.7. The summed E-state index contributed by atoms with van der Waals surface area (Å²) in [5.74, 6) is 0.850. The minimum absolute atomic E-state index is 0.0666. The SMILES string of the molecule is O=C(Cc1ccc(Cl)c(Cl)c1)NCc1ccnc(N2CCOCC2)c1. The van der Waals surface area contributed by atoms with E-state index in [4.69, 9.17) is 27.9 Å². The normalized spacial score (nSPS) is 14.4. The van der Waals surface area contributed by atoms with Crippen molar-refractivity contribution in [3.05, 3.63) is 57.7 Å². The number of benzene rings is 1. The van der Waals surface area contributed by atoms with Crippen LogP contribution >= 0.6 is 23.2 Å². The van der Waals surface area contributed by atoms with Crippen LogP contribution in [-0.2, 0) is 22.5 Å². The molecule has 0 bridgehead atoms. The lowest BCUT2D eigenvalue weighted by Gasteiger charge is -2.28. The van der Waals surface area contributed by atoms with Crippen LogP contribution in [0.2, 0.25) is 10.0 Å². The summed E-state index contributed by atoms with van der Waals surface area (Å²) in [6.45, 7) is 3.55. The van der Waals surface area contributed by atoms with Gasteiger partial charge in [-0.05, 0) is 35.4 Å². The summed E-state index contributed by atoms with van der Waals surface area (Å²) in [7, 11) is 0. The molecule has 0 saturated carbocycles. The molecule has 0 unspecified atom stereocenters. The fourth-order valence-electron chi connectivity index (χ4n) is 2.63. The van der Waals surface area contributed by atoms with Gasteiger partial charge in [0.1, 0.15) is 5.82 Å². The number of aromatic nitrogens is 1. The van der Waals surface area contributed by atoms with Crippen LogP contribution in [0.15, 0.2) is 36.5 Å². The molecule has 1 aliphatic rings. The maximum atomic E-state index is 12.1. The second-order valence-corrected chi connectivity index (χ2v) is 6.64. The van der Waals surface area contributed by atoms with Crippen molar-refractivity contribution in [3.63, 3.8) is 0 Å². The minimum atomic E-state index is -0.0666. The van der Waals surface area contributed by atoms with Gasteiger partial charge in [-0.25, -0.2) is 4.98 Å². The zero-order valence-electron chi connectivity index (χ0n) is 13.7. The predicted octanol–water partition coefficient (Wildman–Crippen LogP) is 3.08. The number of morpholine rings is 1. The molecule has 3 rings (SSSR count). The van der Waals surface area contributed by atoms with Gasteiger partial charge >= 0.3 is 0 Å². The van der Waals surface area contributed by atoms with Crippen LogP contribution in [-0.4, -0.2) is 37.2 Å². The lowest BCUT2D eigenvalue weighted by molar-refractivity contribution is -0.120. The van der Waals surface area contributed by atoms with Crippen molar-refractivity contribution < 1.29 is 9.53 Å². The number of carbonyl (C=O) groups excluding carboxylic acids is 1. The third kappa shape index (κ3) is 5.08. The zero-order valence-corrected chi connectivity index (χ0v) is 15.2. The van der Waals surface area contributed by atoms with E-state index in [0.29, 0.717) is 29.8 Å². The van der Waals surface area contributed by atoms with Gasteiger partial charge < -0.3 is 15.0 Å². The van der Waals surface area contributed by atoms with Crippen molar-refractivity contribution in [1.82, 2.24) is 10.3 Å². The summed E-state index contributed by atoms with van der Waals surface area (Å²) in [5, 5.41) is 3.87. The molecule has 0 aliphatic carbocycles. The summed E-state index contributed by atoms with van der Waals surface area (Å²) in [6.07, 6.45) is 2.03. The first-order chi connectivity index (χ1) is 12.1. The maximum Gasteiger partial charge on any atom is 0.224 e. The van der Waals surface area contributed by atoms with Crippen LogP contribution in [0.5, 0.6) is 0 Å². The van der Waals surface area contributed by atoms with E-state index in [2.05, 4.69) is 15.2 Å². The van der Waals surface area contributed by atoms with Gasteiger partial charge in [0, 0.05) is 25.8 Å². The molecule has 25 heavy (non-hydrogen) atoms. The Labute approximate surface area is 156 Å². The van der Waals surface area contributed by atoms with Gasteiger partial charge in [-0.3, -0.25) is 4.79 Å². The van der Waals surface area contributed by atoms with Gasteiger partial charge in [0.2, 0.25) is 5.91 Å². The summed E-state index contributed by atoms with van der Waals surface area (Å²) in [5.41, 5.74) is 1.84. The van der Waals surface area contributed by atoms with E-state index in [1.807, 2.05) is 12.1 Å². The number of halogens is 2.